The second-order valence-corrected chi connectivity index (χ2v) is 5.48. The monoisotopic (exact) mass is 329 g/mol. The van der Waals surface area contributed by atoms with Crippen LogP contribution in [-0.2, 0) is 0 Å². The van der Waals surface area contributed by atoms with Gasteiger partial charge in [0.1, 0.15) is 11.4 Å². The Hall–Kier alpha value is -2.53. The molecule has 5 nitrogen and oxygen atoms in total. The fourth-order valence-corrected chi connectivity index (χ4v) is 2.41. The van der Waals surface area contributed by atoms with Gasteiger partial charge in [0.2, 0.25) is 0 Å². The number of halogens is 1. The number of rotatable bonds is 5. The number of furan rings is 1. The Kier molecular flexibility index (Phi) is 4.48. The van der Waals surface area contributed by atoms with Gasteiger partial charge in [-0.3, -0.25) is 4.79 Å². The molecule has 3 rings (SSSR count). The fourth-order valence-electron chi connectivity index (χ4n) is 2.22. The van der Waals surface area contributed by atoms with E-state index in [2.05, 4.69) is 10.4 Å². The van der Waals surface area contributed by atoms with Crippen LogP contribution in [0.25, 0.3) is 17.1 Å². The molecule has 0 fully saturated rings. The molecule has 0 spiro atoms. The predicted molar refractivity (Wildman–Crippen MR) is 88.9 cm³/mol. The number of hydrogen-bond acceptors (Lipinski definition) is 3. The highest BCUT2D eigenvalue weighted by molar-refractivity contribution is 6.30. The number of hydrogen-bond donors (Lipinski definition) is 1. The third-order valence-electron chi connectivity index (χ3n) is 3.30. The van der Waals surface area contributed by atoms with Gasteiger partial charge in [0, 0.05) is 17.6 Å². The number of carbonyl (C=O) groups excluding carboxylic acids is 1. The number of carbonyl (C=O) groups is 1. The van der Waals surface area contributed by atoms with Gasteiger partial charge in [-0.05, 0) is 36.8 Å². The Labute approximate surface area is 138 Å². The zero-order chi connectivity index (χ0) is 16.2. The van der Waals surface area contributed by atoms with E-state index in [9.17, 15) is 4.79 Å². The van der Waals surface area contributed by atoms with E-state index in [1.54, 1.807) is 41.3 Å². The van der Waals surface area contributed by atoms with E-state index in [4.69, 9.17) is 16.0 Å². The SMILES string of the molecule is CCCNC(=O)c1cc(-c2ccco2)nn1-c1cccc(Cl)c1. The highest BCUT2D eigenvalue weighted by atomic mass is 35.5. The van der Waals surface area contributed by atoms with Crippen molar-refractivity contribution in [3.63, 3.8) is 0 Å². The molecule has 0 aliphatic rings. The predicted octanol–water partition coefficient (Wildman–Crippen LogP) is 3.93. The Balaban J connectivity index is 2.06. The maximum atomic E-state index is 12.4. The van der Waals surface area contributed by atoms with Crippen molar-refractivity contribution in [3.05, 3.63) is 59.4 Å². The van der Waals surface area contributed by atoms with Crippen molar-refractivity contribution >= 4 is 17.5 Å². The van der Waals surface area contributed by atoms with Crippen molar-refractivity contribution < 1.29 is 9.21 Å². The average Bonchev–Trinajstić information content (AvgIpc) is 3.21. The normalized spacial score (nSPS) is 10.7. The lowest BCUT2D eigenvalue weighted by Gasteiger charge is -2.08. The van der Waals surface area contributed by atoms with Gasteiger partial charge in [-0.15, -0.1) is 0 Å². The molecule has 0 saturated carbocycles. The first-order valence-corrected chi connectivity index (χ1v) is 7.75. The van der Waals surface area contributed by atoms with Crippen LogP contribution < -0.4 is 5.32 Å². The quantitative estimate of drug-likeness (QED) is 0.771. The lowest BCUT2D eigenvalue weighted by Crippen LogP contribution is -2.26. The van der Waals surface area contributed by atoms with Gasteiger partial charge in [-0.1, -0.05) is 24.6 Å². The molecule has 1 amide bonds. The van der Waals surface area contributed by atoms with Gasteiger partial charge in [0.15, 0.2) is 5.76 Å². The molecule has 0 atom stereocenters. The minimum atomic E-state index is -0.183. The summed E-state index contributed by atoms with van der Waals surface area (Å²) in [5.74, 6) is 0.424. The maximum Gasteiger partial charge on any atom is 0.270 e. The number of nitrogens with zero attached hydrogens (tertiary/aromatic N) is 2. The molecule has 3 aromatic rings. The Morgan fingerprint density at radius 3 is 2.87 bits per heavy atom. The summed E-state index contributed by atoms with van der Waals surface area (Å²) in [6, 6.07) is 12.5. The van der Waals surface area contributed by atoms with Crippen LogP contribution in [0.3, 0.4) is 0 Å². The summed E-state index contributed by atoms with van der Waals surface area (Å²) >= 11 is 6.06. The molecule has 0 saturated heterocycles. The summed E-state index contributed by atoms with van der Waals surface area (Å²) in [5.41, 5.74) is 1.75. The minimum Gasteiger partial charge on any atom is -0.463 e. The number of benzene rings is 1. The van der Waals surface area contributed by atoms with Crippen molar-refractivity contribution in [3.8, 4) is 17.1 Å². The summed E-state index contributed by atoms with van der Waals surface area (Å²) in [5, 5.41) is 7.95. The third-order valence-corrected chi connectivity index (χ3v) is 3.54. The molecule has 118 valence electrons. The molecule has 0 radical (unpaired) electrons. The summed E-state index contributed by atoms with van der Waals surface area (Å²) in [7, 11) is 0. The largest absolute Gasteiger partial charge is 0.463 e. The van der Waals surface area contributed by atoms with Crippen LogP contribution in [0, 0.1) is 0 Å². The van der Waals surface area contributed by atoms with E-state index in [0.717, 1.165) is 12.1 Å². The number of amides is 1. The molecule has 0 aliphatic carbocycles. The summed E-state index contributed by atoms with van der Waals surface area (Å²) < 4.78 is 6.95. The van der Waals surface area contributed by atoms with Crippen LogP contribution in [0.1, 0.15) is 23.8 Å². The molecule has 23 heavy (non-hydrogen) atoms. The molecule has 0 aliphatic heterocycles. The summed E-state index contributed by atoms with van der Waals surface area (Å²) in [4.78, 5) is 12.4. The van der Waals surface area contributed by atoms with Gasteiger partial charge < -0.3 is 9.73 Å². The van der Waals surface area contributed by atoms with E-state index in [0.29, 0.717) is 28.7 Å². The molecule has 0 unspecified atom stereocenters. The number of nitrogens with one attached hydrogen (secondary N) is 1. The van der Waals surface area contributed by atoms with E-state index in [1.807, 2.05) is 19.1 Å². The van der Waals surface area contributed by atoms with Crippen LogP contribution in [0.4, 0.5) is 0 Å². The number of aromatic nitrogens is 2. The van der Waals surface area contributed by atoms with E-state index < -0.39 is 0 Å². The van der Waals surface area contributed by atoms with E-state index in [1.165, 1.54) is 0 Å². The molecule has 2 heterocycles. The molecule has 1 N–H and O–H groups in total. The van der Waals surface area contributed by atoms with Crippen molar-refractivity contribution in [2.75, 3.05) is 6.54 Å². The average molecular weight is 330 g/mol. The molecule has 2 aromatic heterocycles. The van der Waals surface area contributed by atoms with Crippen molar-refractivity contribution in [1.29, 1.82) is 0 Å². The van der Waals surface area contributed by atoms with Crippen LogP contribution in [0.5, 0.6) is 0 Å². The molecule has 1 aromatic carbocycles. The fraction of sp³-hybridized carbons (Fsp3) is 0.176. The first-order chi connectivity index (χ1) is 11.2. The standard InChI is InChI=1S/C17H16ClN3O2/c1-2-8-19-17(22)15-11-14(16-7-4-9-23-16)20-21(15)13-6-3-5-12(18)10-13/h3-7,9-11H,2,8H2,1H3,(H,19,22). The van der Waals surface area contributed by atoms with Gasteiger partial charge >= 0.3 is 0 Å². The topological polar surface area (TPSA) is 60.1 Å². The van der Waals surface area contributed by atoms with Gasteiger partial charge in [-0.2, -0.15) is 5.10 Å². The van der Waals surface area contributed by atoms with Crippen LogP contribution in [0.2, 0.25) is 5.02 Å². The minimum absolute atomic E-state index is 0.183. The zero-order valence-corrected chi connectivity index (χ0v) is 13.4. The summed E-state index contributed by atoms with van der Waals surface area (Å²) in [6.45, 7) is 2.61. The van der Waals surface area contributed by atoms with Crippen LogP contribution in [-0.4, -0.2) is 22.2 Å². The van der Waals surface area contributed by atoms with E-state index >= 15 is 0 Å². The molecular formula is C17H16ClN3O2. The van der Waals surface area contributed by atoms with Crippen molar-refractivity contribution in [2.24, 2.45) is 0 Å². The zero-order valence-electron chi connectivity index (χ0n) is 12.6. The highest BCUT2D eigenvalue weighted by Gasteiger charge is 2.18. The van der Waals surface area contributed by atoms with E-state index in [-0.39, 0.29) is 5.91 Å². The molecular weight excluding hydrogens is 314 g/mol. The second-order valence-electron chi connectivity index (χ2n) is 5.04. The highest BCUT2D eigenvalue weighted by Crippen LogP contribution is 2.23. The first kappa shape index (κ1) is 15.4. The van der Waals surface area contributed by atoms with Crippen LogP contribution in [0.15, 0.2) is 53.1 Å². The van der Waals surface area contributed by atoms with Crippen molar-refractivity contribution in [1.82, 2.24) is 15.1 Å². The van der Waals surface area contributed by atoms with Gasteiger partial charge in [-0.25, -0.2) is 4.68 Å². The second kappa shape index (κ2) is 6.71. The smallest absolute Gasteiger partial charge is 0.270 e. The van der Waals surface area contributed by atoms with Gasteiger partial charge in [0.05, 0.1) is 12.0 Å². The first-order valence-electron chi connectivity index (χ1n) is 7.37. The third kappa shape index (κ3) is 3.29. The Bertz CT molecular complexity index is 809. The lowest BCUT2D eigenvalue weighted by atomic mass is 10.2. The Morgan fingerprint density at radius 1 is 1.30 bits per heavy atom. The lowest BCUT2D eigenvalue weighted by molar-refractivity contribution is 0.0946. The Morgan fingerprint density at radius 2 is 2.17 bits per heavy atom. The van der Waals surface area contributed by atoms with Gasteiger partial charge in [0.25, 0.3) is 5.91 Å². The van der Waals surface area contributed by atoms with Crippen LogP contribution >= 0.6 is 11.6 Å². The molecule has 0 bridgehead atoms. The van der Waals surface area contributed by atoms with Crippen molar-refractivity contribution in [2.45, 2.75) is 13.3 Å². The maximum absolute atomic E-state index is 12.4. The molecule has 6 heteroatoms. The summed E-state index contributed by atoms with van der Waals surface area (Å²) in [6.07, 6.45) is 2.44.